The fourth-order valence-corrected chi connectivity index (χ4v) is 2.48. The Labute approximate surface area is 117 Å². The van der Waals surface area contributed by atoms with Crippen LogP contribution < -0.4 is 5.32 Å². The first-order valence-corrected chi connectivity index (χ1v) is 6.74. The number of carbonyl (C=O) groups is 1. The third kappa shape index (κ3) is 2.50. The summed E-state index contributed by atoms with van der Waals surface area (Å²) in [6.07, 6.45) is 1.87. The standard InChI is InChI=1S/C12H10FN5OS/c13-9-4-2-1-3-8(9)5-6-14-10(19)11-17-18-7-15-16-12(18)20-11/h1-4,7H,5-6H2,(H,14,19). The number of hydrogen-bond donors (Lipinski definition) is 1. The number of hydrogen-bond acceptors (Lipinski definition) is 5. The number of carbonyl (C=O) groups excluding carboxylic acids is 1. The molecule has 0 bridgehead atoms. The molecule has 0 spiro atoms. The number of nitrogens with one attached hydrogen (secondary N) is 1. The van der Waals surface area contributed by atoms with Crippen LogP contribution in [-0.2, 0) is 6.42 Å². The first-order chi connectivity index (χ1) is 9.74. The lowest BCUT2D eigenvalue weighted by Gasteiger charge is -2.04. The Kier molecular flexibility index (Phi) is 3.38. The number of nitrogens with zero attached hydrogens (tertiary/aromatic N) is 4. The van der Waals surface area contributed by atoms with Gasteiger partial charge in [-0.2, -0.15) is 4.52 Å². The highest BCUT2D eigenvalue weighted by molar-refractivity contribution is 7.18. The number of aromatic nitrogens is 4. The first kappa shape index (κ1) is 12.7. The van der Waals surface area contributed by atoms with Crippen molar-refractivity contribution < 1.29 is 9.18 Å². The van der Waals surface area contributed by atoms with Crippen LogP contribution in [0.5, 0.6) is 0 Å². The van der Waals surface area contributed by atoms with Gasteiger partial charge in [-0.25, -0.2) is 4.39 Å². The highest BCUT2D eigenvalue weighted by atomic mass is 32.1. The Balaban J connectivity index is 1.60. The summed E-state index contributed by atoms with van der Waals surface area (Å²) in [5.41, 5.74) is 0.575. The third-order valence-electron chi connectivity index (χ3n) is 2.72. The molecule has 2 heterocycles. The van der Waals surface area contributed by atoms with Gasteiger partial charge in [0.15, 0.2) is 0 Å². The van der Waals surface area contributed by atoms with Gasteiger partial charge in [0.25, 0.3) is 5.91 Å². The molecule has 20 heavy (non-hydrogen) atoms. The number of halogens is 1. The van der Waals surface area contributed by atoms with E-state index in [0.717, 1.165) is 11.3 Å². The predicted octanol–water partition coefficient (Wildman–Crippen LogP) is 1.30. The number of rotatable bonds is 4. The second-order valence-electron chi connectivity index (χ2n) is 4.06. The summed E-state index contributed by atoms with van der Waals surface area (Å²) in [5, 5.41) is 14.5. The van der Waals surface area contributed by atoms with Gasteiger partial charge in [-0.05, 0) is 18.1 Å². The summed E-state index contributed by atoms with van der Waals surface area (Å²) in [6.45, 7) is 0.347. The van der Waals surface area contributed by atoms with E-state index < -0.39 is 0 Å². The lowest BCUT2D eigenvalue weighted by molar-refractivity contribution is 0.0952. The van der Waals surface area contributed by atoms with Crippen molar-refractivity contribution in [2.75, 3.05) is 6.54 Å². The largest absolute Gasteiger partial charge is 0.350 e. The van der Waals surface area contributed by atoms with E-state index in [-0.39, 0.29) is 11.7 Å². The zero-order valence-corrected chi connectivity index (χ0v) is 11.1. The fraction of sp³-hybridized carbons (Fsp3) is 0.167. The minimum absolute atomic E-state index is 0.263. The van der Waals surface area contributed by atoms with Gasteiger partial charge in [-0.15, -0.1) is 15.3 Å². The molecule has 0 fully saturated rings. The maximum Gasteiger partial charge on any atom is 0.282 e. The smallest absolute Gasteiger partial charge is 0.282 e. The minimum atomic E-state index is -0.295. The topological polar surface area (TPSA) is 72.2 Å². The lowest BCUT2D eigenvalue weighted by atomic mass is 10.1. The Hall–Kier alpha value is -2.35. The van der Waals surface area contributed by atoms with E-state index in [1.807, 2.05) is 0 Å². The van der Waals surface area contributed by atoms with Crippen molar-refractivity contribution in [2.45, 2.75) is 6.42 Å². The van der Waals surface area contributed by atoms with Gasteiger partial charge < -0.3 is 5.32 Å². The van der Waals surface area contributed by atoms with Gasteiger partial charge in [0, 0.05) is 6.54 Å². The summed E-state index contributed by atoms with van der Waals surface area (Å²) in [6, 6.07) is 6.50. The fourth-order valence-electron chi connectivity index (χ4n) is 1.74. The molecule has 0 unspecified atom stereocenters. The van der Waals surface area contributed by atoms with Crippen LogP contribution in [0.25, 0.3) is 4.96 Å². The van der Waals surface area contributed by atoms with Gasteiger partial charge in [-0.3, -0.25) is 4.79 Å². The Bertz CT molecular complexity index is 724. The van der Waals surface area contributed by atoms with Crippen molar-refractivity contribution in [3.05, 3.63) is 47.0 Å². The van der Waals surface area contributed by atoms with Crippen LogP contribution in [0, 0.1) is 5.82 Å². The van der Waals surface area contributed by atoms with Crippen LogP contribution in [0.4, 0.5) is 4.39 Å². The minimum Gasteiger partial charge on any atom is -0.350 e. The van der Waals surface area contributed by atoms with Crippen molar-refractivity contribution in [1.82, 2.24) is 25.1 Å². The van der Waals surface area contributed by atoms with Gasteiger partial charge in [-0.1, -0.05) is 29.5 Å². The molecule has 0 saturated heterocycles. The highest BCUT2D eigenvalue weighted by Gasteiger charge is 2.13. The predicted molar refractivity (Wildman–Crippen MR) is 71.1 cm³/mol. The molecule has 0 atom stereocenters. The summed E-state index contributed by atoms with van der Waals surface area (Å²) >= 11 is 1.15. The number of amides is 1. The van der Waals surface area contributed by atoms with Crippen LogP contribution >= 0.6 is 11.3 Å². The zero-order chi connectivity index (χ0) is 13.9. The van der Waals surface area contributed by atoms with Crippen molar-refractivity contribution in [2.24, 2.45) is 0 Å². The van der Waals surface area contributed by atoms with Crippen LogP contribution in [0.2, 0.25) is 0 Å². The molecule has 2 aromatic heterocycles. The first-order valence-electron chi connectivity index (χ1n) is 5.92. The quantitative estimate of drug-likeness (QED) is 0.786. The maximum atomic E-state index is 13.4. The number of fused-ring (bicyclic) bond motifs is 1. The monoisotopic (exact) mass is 291 g/mol. The van der Waals surface area contributed by atoms with Gasteiger partial charge >= 0.3 is 0 Å². The molecule has 0 aliphatic rings. The zero-order valence-electron chi connectivity index (χ0n) is 10.3. The molecule has 0 radical (unpaired) electrons. The molecule has 0 saturated carbocycles. The Morgan fingerprint density at radius 2 is 2.25 bits per heavy atom. The van der Waals surface area contributed by atoms with E-state index in [1.165, 1.54) is 16.9 Å². The normalized spacial score (nSPS) is 10.8. The van der Waals surface area contributed by atoms with Crippen molar-refractivity contribution >= 4 is 22.2 Å². The van der Waals surface area contributed by atoms with Crippen LogP contribution in [0.15, 0.2) is 30.6 Å². The summed E-state index contributed by atoms with van der Waals surface area (Å²) in [5.74, 6) is -0.558. The molecule has 102 valence electrons. The Morgan fingerprint density at radius 1 is 1.40 bits per heavy atom. The van der Waals surface area contributed by atoms with E-state index in [9.17, 15) is 9.18 Å². The van der Waals surface area contributed by atoms with E-state index in [0.29, 0.717) is 28.5 Å². The molecule has 6 nitrogen and oxygen atoms in total. The summed E-state index contributed by atoms with van der Waals surface area (Å²) in [4.78, 5) is 12.4. The molecule has 3 rings (SSSR count). The second-order valence-corrected chi connectivity index (χ2v) is 5.02. The molecule has 1 amide bonds. The second kappa shape index (κ2) is 5.33. The van der Waals surface area contributed by atoms with Crippen LogP contribution in [0.3, 0.4) is 0 Å². The van der Waals surface area contributed by atoms with Crippen molar-refractivity contribution in [1.29, 1.82) is 0 Å². The molecule has 1 N–H and O–H groups in total. The van der Waals surface area contributed by atoms with Crippen molar-refractivity contribution in [3.63, 3.8) is 0 Å². The molecule has 1 aromatic carbocycles. The molecular weight excluding hydrogens is 281 g/mol. The average molecular weight is 291 g/mol. The highest BCUT2D eigenvalue weighted by Crippen LogP contribution is 2.11. The summed E-state index contributed by atoms with van der Waals surface area (Å²) < 4.78 is 14.8. The SMILES string of the molecule is O=C(NCCc1ccccc1F)c1nn2cnnc2s1. The average Bonchev–Trinajstić information content (AvgIpc) is 3.01. The van der Waals surface area contributed by atoms with E-state index >= 15 is 0 Å². The number of benzene rings is 1. The maximum absolute atomic E-state index is 13.4. The molecule has 8 heteroatoms. The van der Waals surface area contributed by atoms with Crippen molar-refractivity contribution in [3.8, 4) is 0 Å². The third-order valence-corrected chi connectivity index (χ3v) is 3.63. The van der Waals surface area contributed by atoms with Gasteiger partial charge in [0.05, 0.1) is 0 Å². The van der Waals surface area contributed by atoms with Crippen LogP contribution in [-0.4, -0.2) is 32.3 Å². The van der Waals surface area contributed by atoms with E-state index in [4.69, 9.17) is 0 Å². The molecule has 0 aliphatic carbocycles. The van der Waals surface area contributed by atoms with Crippen LogP contribution in [0.1, 0.15) is 15.4 Å². The van der Waals surface area contributed by atoms with Gasteiger partial charge in [0.2, 0.25) is 9.97 Å². The van der Waals surface area contributed by atoms with Gasteiger partial charge in [0.1, 0.15) is 12.1 Å². The molecule has 0 aliphatic heterocycles. The lowest BCUT2D eigenvalue weighted by Crippen LogP contribution is -2.25. The summed E-state index contributed by atoms with van der Waals surface area (Å²) in [7, 11) is 0. The molecular formula is C12H10FN5OS. The molecule has 3 aromatic rings. The van der Waals surface area contributed by atoms with E-state index in [2.05, 4.69) is 20.6 Å². The van der Waals surface area contributed by atoms with E-state index in [1.54, 1.807) is 18.2 Å². The Morgan fingerprint density at radius 3 is 3.05 bits per heavy atom.